The van der Waals surface area contributed by atoms with Gasteiger partial charge in [0.05, 0.1) is 6.61 Å². The highest BCUT2D eigenvalue weighted by Crippen LogP contribution is 2.31. The Morgan fingerprint density at radius 2 is 2.00 bits per heavy atom. The van der Waals surface area contributed by atoms with Crippen LogP contribution in [0.1, 0.15) is 33.3 Å². The number of benzene rings is 1. The zero-order chi connectivity index (χ0) is 16.4. The third-order valence-electron chi connectivity index (χ3n) is 3.74. The molecule has 22 heavy (non-hydrogen) atoms. The molecule has 1 amide bonds. The summed E-state index contributed by atoms with van der Waals surface area (Å²) >= 11 is 0. The van der Waals surface area contributed by atoms with Crippen molar-refractivity contribution in [3.8, 4) is 5.75 Å². The number of amides is 1. The number of hydrogen-bond donors (Lipinski definition) is 1. The highest BCUT2D eigenvalue weighted by molar-refractivity contribution is 5.76. The monoisotopic (exact) mass is 305 g/mol. The Kier molecular flexibility index (Phi) is 4.44. The lowest BCUT2D eigenvalue weighted by atomic mass is 9.81. The highest BCUT2D eigenvalue weighted by atomic mass is 16.6. The maximum absolute atomic E-state index is 12.0. The number of ether oxygens (including phenoxy) is 2. The molecule has 0 aliphatic carbocycles. The molecule has 0 saturated heterocycles. The molecule has 2 rings (SSSR count). The smallest absolute Gasteiger partial charge is 0.408 e. The Labute approximate surface area is 131 Å². The lowest BCUT2D eigenvalue weighted by Crippen LogP contribution is -2.56. The quantitative estimate of drug-likeness (QED) is 0.872. The van der Waals surface area contributed by atoms with E-state index in [2.05, 4.69) is 5.32 Å². The number of aldehydes is 1. The standard InChI is InChI=1S/C17H23NO4/c1-16(2,3)22-15(20)18-17(4,11-19)13-9-12-7-5-6-8-14(12)21-10-13/h5-8,11,13H,9-10H2,1-4H3,(H,18,20). The van der Waals surface area contributed by atoms with Gasteiger partial charge in [0.25, 0.3) is 0 Å². The molecule has 5 nitrogen and oxygen atoms in total. The van der Waals surface area contributed by atoms with Crippen LogP contribution in [0, 0.1) is 5.92 Å². The maximum Gasteiger partial charge on any atom is 0.408 e. The molecule has 0 spiro atoms. The summed E-state index contributed by atoms with van der Waals surface area (Å²) < 4.78 is 11.0. The number of nitrogens with one attached hydrogen (secondary N) is 1. The van der Waals surface area contributed by atoms with E-state index in [0.29, 0.717) is 13.0 Å². The lowest BCUT2D eigenvalue weighted by Gasteiger charge is -2.37. The van der Waals surface area contributed by atoms with Gasteiger partial charge in [-0.2, -0.15) is 0 Å². The Bertz CT molecular complexity index is 564. The molecule has 120 valence electrons. The lowest BCUT2D eigenvalue weighted by molar-refractivity contribution is -0.115. The Hall–Kier alpha value is -2.04. The molecule has 0 aromatic heterocycles. The summed E-state index contributed by atoms with van der Waals surface area (Å²) in [4.78, 5) is 23.6. The first-order valence-corrected chi connectivity index (χ1v) is 7.42. The predicted molar refractivity (Wildman–Crippen MR) is 83.0 cm³/mol. The van der Waals surface area contributed by atoms with Crippen molar-refractivity contribution < 1.29 is 19.1 Å². The van der Waals surface area contributed by atoms with E-state index in [9.17, 15) is 9.59 Å². The number of carbonyl (C=O) groups is 2. The average Bonchev–Trinajstić information content (AvgIpc) is 2.44. The minimum atomic E-state index is -1.03. The summed E-state index contributed by atoms with van der Waals surface area (Å²) in [7, 11) is 0. The van der Waals surface area contributed by atoms with E-state index >= 15 is 0 Å². The zero-order valence-electron chi connectivity index (χ0n) is 13.5. The second kappa shape index (κ2) is 5.99. The summed E-state index contributed by atoms with van der Waals surface area (Å²) in [5, 5.41) is 2.69. The summed E-state index contributed by atoms with van der Waals surface area (Å²) in [6, 6.07) is 7.73. The number of hydrogen-bond acceptors (Lipinski definition) is 4. The van der Waals surface area contributed by atoms with Gasteiger partial charge in [-0.1, -0.05) is 18.2 Å². The highest BCUT2D eigenvalue weighted by Gasteiger charge is 2.39. The van der Waals surface area contributed by atoms with Crippen molar-refractivity contribution in [3.05, 3.63) is 29.8 Å². The fourth-order valence-electron chi connectivity index (χ4n) is 2.46. The minimum Gasteiger partial charge on any atom is -0.493 e. The van der Waals surface area contributed by atoms with E-state index in [-0.39, 0.29) is 5.92 Å². The second-order valence-electron chi connectivity index (χ2n) is 6.85. The molecule has 2 atom stereocenters. The number of rotatable bonds is 3. The zero-order valence-corrected chi connectivity index (χ0v) is 13.5. The van der Waals surface area contributed by atoms with Crippen LogP contribution in [-0.2, 0) is 16.0 Å². The van der Waals surface area contributed by atoms with Gasteiger partial charge in [-0.25, -0.2) is 4.79 Å². The Balaban J connectivity index is 2.11. The fraction of sp³-hybridized carbons (Fsp3) is 0.529. The topological polar surface area (TPSA) is 64.6 Å². The molecule has 0 saturated carbocycles. The maximum atomic E-state index is 12.0. The summed E-state index contributed by atoms with van der Waals surface area (Å²) in [6.45, 7) is 7.42. The van der Waals surface area contributed by atoms with Gasteiger partial charge in [0.15, 0.2) is 0 Å². The van der Waals surface area contributed by atoms with Crippen LogP contribution >= 0.6 is 0 Å². The molecule has 1 aliphatic heterocycles. The minimum absolute atomic E-state index is 0.146. The third-order valence-corrected chi connectivity index (χ3v) is 3.74. The van der Waals surface area contributed by atoms with Gasteiger partial charge in [0.1, 0.15) is 23.2 Å². The largest absolute Gasteiger partial charge is 0.493 e. The van der Waals surface area contributed by atoms with Crippen molar-refractivity contribution in [2.24, 2.45) is 5.92 Å². The summed E-state index contributed by atoms with van der Waals surface area (Å²) in [6.07, 6.45) is 0.834. The van der Waals surface area contributed by atoms with Gasteiger partial charge in [-0.05, 0) is 45.7 Å². The van der Waals surface area contributed by atoms with Crippen molar-refractivity contribution in [1.29, 1.82) is 0 Å². The van der Waals surface area contributed by atoms with Crippen LogP contribution in [0.15, 0.2) is 24.3 Å². The molecular formula is C17H23NO4. The average molecular weight is 305 g/mol. The van der Waals surface area contributed by atoms with E-state index in [4.69, 9.17) is 9.47 Å². The van der Waals surface area contributed by atoms with Crippen molar-refractivity contribution in [2.45, 2.75) is 45.3 Å². The summed E-state index contributed by atoms with van der Waals surface area (Å²) in [5.41, 5.74) is -0.600. The SMILES string of the molecule is CC(C)(C)OC(=O)NC(C)(C=O)C1COc2ccccc2C1. The van der Waals surface area contributed by atoms with Gasteiger partial charge in [-0.15, -0.1) is 0 Å². The number of alkyl carbamates (subject to hydrolysis) is 1. The van der Waals surface area contributed by atoms with Gasteiger partial charge >= 0.3 is 6.09 Å². The predicted octanol–water partition coefficient (Wildman–Crippen LogP) is 2.72. The van der Waals surface area contributed by atoms with Gasteiger partial charge < -0.3 is 19.6 Å². The molecule has 1 aromatic rings. The normalized spacial score (nSPS) is 20.1. The van der Waals surface area contributed by atoms with Crippen LogP contribution in [0.2, 0.25) is 0 Å². The Morgan fingerprint density at radius 3 is 2.64 bits per heavy atom. The number of carbonyl (C=O) groups excluding carboxylic acids is 2. The van der Waals surface area contributed by atoms with E-state index in [1.165, 1.54) is 0 Å². The third kappa shape index (κ3) is 3.78. The van der Waals surface area contributed by atoms with Crippen molar-refractivity contribution >= 4 is 12.4 Å². The van der Waals surface area contributed by atoms with Gasteiger partial charge in [0.2, 0.25) is 0 Å². The van der Waals surface area contributed by atoms with E-state index in [0.717, 1.165) is 17.6 Å². The first kappa shape index (κ1) is 16.3. The van der Waals surface area contributed by atoms with Gasteiger partial charge in [0, 0.05) is 5.92 Å². The Morgan fingerprint density at radius 1 is 1.32 bits per heavy atom. The number of fused-ring (bicyclic) bond motifs is 1. The second-order valence-corrected chi connectivity index (χ2v) is 6.85. The summed E-state index contributed by atoms with van der Waals surface area (Å²) in [5.74, 6) is 0.691. The molecule has 1 aliphatic rings. The van der Waals surface area contributed by atoms with Crippen molar-refractivity contribution in [1.82, 2.24) is 5.32 Å². The molecule has 0 fully saturated rings. The van der Waals surface area contributed by atoms with Crippen LogP contribution in [-0.4, -0.2) is 30.1 Å². The van der Waals surface area contributed by atoms with E-state index in [1.807, 2.05) is 24.3 Å². The van der Waals surface area contributed by atoms with E-state index in [1.54, 1.807) is 27.7 Å². The molecule has 1 heterocycles. The molecule has 2 unspecified atom stereocenters. The molecule has 1 N–H and O–H groups in total. The first-order chi connectivity index (χ1) is 10.2. The van der Waals surface area contributed by atoms with Crippen LogP contribution < -0.4 is 10.1 Å². The van der Waals surface area contributed by atoms with E-state index < -0.39 is 17.2 Å². The van der Waals surface area contributed by atoms with Crippen LogP contribution in [0.4, 0.5) is 4.79 Å². The van der Waals surface area contributed by atoms with Crippen molar-refractivity contribution in [3.63, 3.8) is 0 Å². The molecule has 0 bridgehead atoms. The van der Waals surface area contributed by atoms with Crippen molar-refractivity contribution in [2.75, 3.05) is 6.61 Å². The van der Waals surface area contributed by atoms with Crippen LogP contribution in [0.3, 0.4) is 0 Å². The number of para-hydroxylation sites is 1. The molecular weight excluding hydrogens is 282 g/mol. The molecule has 5 heteroatoms. The first-order valence-electron chi connectivity index (χ1n) is 7.42. The van der Waals surface area contributed by atoms with Crippen LogP contribution in [0.25, 0.3) is 0 Å². The van der Waals surface area contributed by atoms with Crippen LogP contribution in [0.5, 0.6) is 5.75 Å². The molecule has 0 radical (unpaired) electrons. The van der Waals surface area contributed by atoms with Gasteiger partial charge in [-0.3, -0.25) is 0 Å². The molecule has 1 aromatic carbocycles. The fourth-order valence-corrected chi connectivity index (χ4v) is 2.46.